The summed E-state index contributed by atoms with van der Waals surface area (Å²) in [6.07, 6.45) is 8.21. The third-order valence-corrected chi connectivity index (χ3v) is 3.79. The largest absolute Gasteiger partial charge is 0.374 e. The van der Waals surface area contributed by atoms with Gasteiger partial charge in [0.15, 0.2) is 11.5 Å². The monoisotopic (exact) mass is 244 g/mol. The molecule has 2 fully saturated rings. The molecule has 2 unspecified atom stereocenters. The van der Waals surface area contributed by atoms with E-state index in [-0.39, 0.29) is 0 Å². The van der Waals surface area contributed by atoms with Crippen molar-refractivity contribution in [2.24, 2.45) is 0 Å². The van der Waals surface area contributed by atoms with Crippen molar-refractivity contribution in [1.29, 1.82) is 5.26 Å². The van der Waals surface area contributed by atoms with Gasteiger partial charge in [0.05, 0.1) is 18.8 Å². The number of nitriles is 1. The lowest BCUT2D eigenvalue weighted by Gasteiger charge is -2.44. The molecule has 3 rings (SSSR count). The van der Waals surface area contributed by atoms with Crippen LogP contribution in [0.15, 0.2) is 12.4 Å². The maximum Gasteiger partial charge on any atom is 0.183 e. The van der Waals surface area contributed by atoms with Gasteiger partial charge in [-0.05, 0) is 12.8 Å². The third-order valence-electron chi connectivity index (χ3n) is 3.79. The molecular weight excluding hydrogens is 228 g/mol. The Morgan fingerprint density at radius 3 is 3.00 bits per heavy atom. The van der Waals surface area contributed by atoms with Gasteiger partial charge in [0, 0.05) is 18.9 Å². The van der Waals surface area contributed by atoms with E-state index in [1.54, 1.807) is 12.4 Å². The Balaban J connectivity index is 1.92. The van der Waals surface area contributed by atoms with Crippen LogP contribution in [-0.4, -0.2) is 35.3 Å². The molecule has 0 amide bonds. The fraction of sp³-hybridized carbons (Fsp3) is 0.615. The highest BCUT2D eigenvalue weighted by molar-refractivity contribution is 5.51. The first-order chi connectivity index (χ1) is 8.90. The molecular formula is C13H16N4O. The van der Waals surface area contributed by atoms with Crippen molar-refractivity contribution in [3.63, 3.8) is 0 Å². The first kappa shape index (κ1) is 11.4. The number of anilines is 1. The number of fused-ring (bicyclic) bond motifs is 1. The molecule has 1 aromatic rings. The average Bonchev–Trinajstić information content (AvgIpc) is 2.46. The summed E-state index contributed by atoms with van der Waals surface area (Å²) in [5.74, 6) is 0.722. The van der Waals surface area contributed by atoms with Crippen LogP contribution in [-0.2, 0) is 4.74 Å². The van der Waals surface area contributed by atoms with Crippen LogP contribution >= 0.6 is 0 Å². The predicted octanol–water partition coefficient (Wildman–Crippen LogP) is 1.50. The molecule has 1 aromatic heterocycles. The topological polar surface area (TPSA) is 62.0 Å². The summed E-state index contributed by atoms with van der Waals surface area (Å²) in [6, 6.07) is 2.49. The smallest absolute Gasteiger partial charge is 0.183 e. The van der Waals surface area contributed by atoms with E-state index in [1.165, 1.54) is 12.8 Å². The van der Waals surface area contributed by atoms with E-state index in [1.807, 2.05) is 0 Å². The molecule has 1 aliphatic heterocycles. The van der Waals surface area contributed by atoms with Gasteiger partial charge in [-0.2, -0.15) is 5.26 Å². The highest BCUT2D eigenvalue weighted by Gasteiger charge is 2.35. The summed E-state index contributed by atoms with van der Waals surface area (Å²) in [4.78, 5) is 10.7. The second-order valence-corrected chi connectivity index (χ2v) is 4.79. The van der Waals surface area contributed by atoms with Crippen molar-refractivity contribution in [2.45, 2.75) is 37.8 Å². The highest BCUT2D eigenvalue weighted by Crippen LogP contribution is 2.31. The number of nitrogens with zero attached hydrogens (tertiary/aromatic N) is 4. The second-order valence-electron chi connectivity index (χ2n) is 4.79. The molecule has 1 saturated heterocycles. The van der Waals surface area contributed by atoms with Crippen molar-refractivity contribution in [3.05, 3.63) is 18.1 Å². The Hall–Kier alpha value is -1.67. The second kappa shape index (κ2) is 4.91. The lowest BCUT2D eigenvalue weighted by atomic mass is 9.90. The van der Waals surface area contributed by atoms with E-state index in [4.69, 9.17) is 10.00 Å². The first-order valence-electron chi connectivity index (χ1n) is 6.49. The number of hydrogen-bond donors (Lipinski definition) is 0. The van der Waals surface area contributed by atoms with Crippen LogP contribution < -0.4 is 4.90 Å². The molecule has 1 aliphatic carbocycles. The summed E-state index contributed by atoms with van der Waals surface area (Å²) < 4.78 is 5.83. The van der Waals surface area contributed by atoms with E-state index in [0.29, 0.717) is 24.4 Å². The van der Waals surface area contributed by atoms with Crippen LogP contribution in [0, 0.1) is 11.3 Å². The normalized spacial score (nSPS) is 27.4. The van der Waals surface area contributed by atoms with Crippen LogP contribution in [0.25, 0.3) is 0 Å². The van der Waals surface area contributed by atoms with Crippen LogP contribution in [0.1, 0.15) is 31.4 Å². The Bertz CT molecular complexity index is 468. The Labute approximate surface area is 106 Å². The zero-order valence-corrected chi connectivity index (χ0v) is 10.2. The molecule has 2 aliphatic rings. The molecule has 5 nitrogen and oxygen atoms in total. The molecule has 5 heteroatoms. The van der Waals surface area contributed by atoms with E-state index in [2.05, 4.69) is 20.9 Å². The van der Waals surface area contributed by atoms with Crippen LogP contribution in [0.3, 0.4) is 0 Å². The summed E-state index contributed by atoms with van der Waals surface area (Å²) in [6.45, 7) is 1.51. The number of aromatic nitrogens is 2. The van der Waals surface area contributed by atoms with Crippen LogP contribution in [0.2, 0.25) is 0 Å². The van der Waals surface area contributed by atoms with Gasteiger partial charge in [0.2, 0.25) is 0 Å². The lowest BCUT2D eigenvalue weighted by Crippen LogP contribution is -2.53. The van der Waals surface area contributed by atoms with Crippen molar-refractivity contribution < 1.29 is 4.74 Å². The molecule has 0 radical (unpaired) electrons. The third kappa shape index (κ3) is 1.93. The zero-order chi connectivity index (χ0) is 12.4. The minimum absolute atomic E-state index is 0.293. The van der Waals surface area contributed by atoms with Gasteiger partial charge in [-0.15, -0.1) is 0 Å². The van der Waals surface area contributed by atoms with Gasteiger partial charge in [0.1, 0.15) is 6.07 Å². The molecule has 2 heterocycles. The van der Waals surface area contributed by atoms with Gasteiger partial charge < -0.3 is 9.64 Å². The van der Waals surface area contributed by atoms with Crippen LogP contribution in [0.5, 0.6) is 0 Å². The van der Waals surface area contributed by atoms with Gasteiger partial charge in [-0.1, -0.05) is 12.8 Å². The van der Waals surface area contributed by atoms with Gasteiger partial charge in [0.25, 0.3) is 0 Å². The number of rotatable bonds is 1. The van der Waals surface area contributed by atoms with Crippen molar-refractivity contribution >= 4 is 5.82 Å². The number of morpholine rings is 1. The maximum absolute atomic E-state index is 9.13. The standard InChI is InChI=1S/C13H16N4O/c14-9-10-13(16-6-5-15-10)17-7-8-18-12-4-2-1-3-11(12)17/h5-6,11-12H,1-4,7-8H2. The molecule has 0 N–H and O–H groups in total. The average molecular weight is 244 g/mol. The fourth-order valence-corrected chi connectivity index (χ4v) is 2.98. The summed E-state index contributed by atoms with van der Waals surface area (Å²) >= 11 is 0. The van der Waals surface area contributed by atoms with Crippen molar-refractivity contribution in [2.75, 3.05) is 18.1 Å². The summed E-state index contributed by atoms with van der Waals surface area (Å²) in [5.41, 5.74) is 0.420. The minimum atomic E-state index is 0.293. The van der Waals surface area contributed by atoms with E-state index >= 15 is 0 Å². The highest BCUT2D eigenvalue weighted by atomic mass is 16.5. The van der Waals surface area contributed by atoms with Crippen molar-refractivity contribution in [3.8, 4) is 6.07 Å². The molecule has 0 spiro atoms. The Kier molecular flexibility index (Phi) is 3.11. The van der Waals surface area contributed by atoms with Gasteiger partial charge in [-0.3, -0.25) is 0 Å². The Morgan fingerprint density at radius 1 is 1.28 bits per heavy atom. The van der Waals surface area contributed by atoms with Crippen LogP contribution in [0.4, 0.5) is 5.82 Å². The predicted molar refractivity (Wildman–Crippen MR) is 66.1 cm³/mol. The Morgan fingerprint density at radius 2 is 2.11 bits per heavy atom. The molecule has 2 atom stereocenters. The maximum atomic E-state index is 9.13. The van der Waals surface area contributed by atoms with E-state index < -0.39 is 0 Å². The number of ether oxygens (including phenoxy) is 1. The van der Waals surface area contributed by atoms with Gasteiger partial charge >= 0.3 is 0 Å². The molecule has 0 bridgehead atoms. The number of hydrogen-bond acceptors (Lipinski definition) is 5. The lowest BCUT2D eigenvalue weighted by molar-refractivity contribution is -0.00903. The minimum Gasteiger partial charge on any atom is -0.374 e. The first-order valence-corrected chi connectivity index (χ1v) is 6.49. The zero-order valence-electron chi connectivity index (χ0n) is 10.2. The summed E-state index contributed by atoms with van der Waals surface area (Å²) in [5, 5.41) is 9.13. The molecule has 18 heavy (non-hydrogen) atoms. The van der Waals surface area contributed by atoms with E-state index in [9.17, 15) is 0 Å². The van der Waals surface area contributed by atoms with E-state index in [0.717, 1.165) is 25.2 Å². The van der Waals surface area contributed by atoms with Gasteiger partial charge in [-0.25, -0.2) is 9.97 Å². The SMILES string of the molecule is N#Cc1nccnc1N1CCOC2CCCCC21. The summed E-state index contributed by atoms with van der Waals surface area (Å²) in [7, 11) is 0. The fourth-order valence-electron chi connectivity index (χ4n) is 2.98. The molecule has 94 valence electrons. The quantitative estimate of drug-likeness (QED) is 0.749. The molecule has 1 saturated carbocycles. The van der Waals surface area contributed by atoms with Crippen molar-refractivity contribution in [1.82, 2.24) is 9.97 Å². The molecule has 0 aromatic carbocycles.